The molecule has 5 heteroatoms. The van der Waals surface area contributed by atoms with Crippen molar-refractivity contribution in [2.24, 2.45) is 0 Å². The summed E-state index contributed by atoms with van der Waals surface area (Å²) in [5.41, 5.74) is 3.96. The summed E-state index contributed by atoms with van der Waals surface area (Å²) in [5.74, 6) is 0. The number of aromatic amines is 1. The zero-order valence-electron chi connectivity index (χ0n) is 8.49. The van der Waals surface area contributed by atoms with Gasteiger partial charge < -0.3 is 4.98 Å². The standard InChI is InChI=1S/C11H8ClN3S/c1-6-5-16-15-10(6)7-4-14-11-9(7)8(12)2-3-13-11/h2-5H,1H3,(H,13,14). The predicted octanol–water partition coefficient (Wildman–Crippen LogP) is 3.65. The Balaban J connectivity index is 2.37. The molecule has 0 amide bonds. The van der Waals surface area contributed by atoms with Crippen LogP contribution in [0.1, 0.15) is 5.56 Å². The van der Waals surface area contributed by atoms with Crippen molar-refractivity contribution in [3.8, 4) is 11.3 Å². The molecule has 3 nitrogen and oxygen atoms in total. The number of aryl methyl sites for hydroxylation is 1. The van der Waals surface area contributed by atoms with Crippen LogP contribution in [0.2, 0.25) is 5.02 Å². The number of fused-ring (bicyclic) bond motifs is 1. The lowest BCUT2D eigenvalue weighted by Gasteiger charge is -1.98. The van der Waals surface area contributed by atoms with Crippen molar-refractivity contribution in [2.45, 2.75) is 6.92 Å². The maximum atomic E-state index is 6.19. The van der Waals surface area contributed by atoms with Crippen LogP contribution >= 0.6 is 23.1 Å². The van der Waals surface area contributed by atoms with Gasteiger partial charge in [-0.1, -0.05) is 11.6 Å². The first-order valence-corrected chi connectivity index (χ1v) is 6.02. The van der Waals surface area contributed by atoms with Crippen LogP contribution in [-0.4, -0.2) is 14.3 Å². The van der Waals surface area contributed by atoms with E-state index in [1.807, 2.05) is 18.5 Å². The van der Waals surface area contributed by atoms with Gasteiger partial charge in [0.05, 0.1) is 10.7 Å². The quantitative estimate of drug-likeness (QED) is 0.715. The lowest BCUT2D eigenvalue weighted by molar-refractivity contribution is 1.32. The van der Waals surface area contributed by atoms with Crippen LogP contribution in [-0.2, 0) is 0 Å². The number of H-pyrrole nitrogens is 1. The van der Waals surface area contributed by atoms with E-state index in [-0.39, 0.29) is 0 Å². The third kappa shape index (κ3) is 1.34. The first-order valence-electron chi connectivity index (χ1n) is 4.80. The zero-order valence-corrected chi connectivity index (χ0v) is 10.1. The fourth-order valence-electron chi connectivity index (χ4n) is 1.75. The van der Waals surface area contributed by atoms with Crippen LogP contribution in [0.25, 0.3) is 22.3 Å². The normalized spacial score (nSPS) is 11.1. The zero-order chi connectivity index (χ0) is 11.1. The summed E-state index contributed by atoms with van der Waals surface area (Å²) in [6, 6.07) is 1.79. The summed E-state index contributed by atoms with van der Waals surface area (Å²) < 4.78 is 4.38. The number of hydrogen-bond acceptors (Lipinski definition) is 3. The van der Waals surface area contributed by atoms with Crippen LogP contribution in [0.5, 0.6) is 0 Å². The molecular weight excluding hydrogens is 242 g/mol. The van der Waals surface area contributed by atoms with Crippen molar-refractivity contribution in [1.82, 2.24) is 14.3 Å². The number of aromatic nitrogens is 3. The summed E-state index contributed by atoms with van der Waals surface area (Å²) in [7, 11) is 0. The Morgan fingerprint density at radius 3 is 3.06 bits per heavy atom. The Morgan fingerprint density at radius 1 is 1.44 bits per heavy atom. The molecule has 0 bridgehead atoms. The average molecular weight is 250 g/mol. The molecule has 3 aromatic heterocycles. The van der Waals surface area contributed by atoms with Crippen LogP contribution in [0.3, 0.4) is 0 Å². The Morgan fingerprint density at radius 2 is 2.31 bits per heavy atom. The minimum absolute atomic E-state index is 0.702. The highest BCUT2D eigenvalue weighted by atomic mass is 35.5. The number of hydrogen-bond donors (Lipinski definition) is 1. The third-order valence-electron chi connectivity index (χ3n) is 2.52. The third-order valence-corrected chi connectivity index (χ3v) is 3.59. The Bertz CT molecular complexity index is 656. The first kappa shape index (κ1) is 9.81. The van der Waals surface area contributed by atoms with E-state index < -0.39 is 0 Å². The van der Waals surface area contributed by atoms with Gasteiger partial charge in [-0.15, -0.1) is 0 Å². The fraction of sp³-hybridized carbons (Fsp3) is 0.0909. The summed E-state index contributed by atoms with van der Waals surface area (Å²) in [4.78, 5) is 7.35. The monoisotopic (exact) mass is 249 g/mol. The highest BCUT2D eigenvalue weighted by molar-refractivity contribution is 7.04. The topological polar surface area (TPSA) is 41.6 Å². The van der Waals surface area contributed by atoms with Crippen molar-refractivity contribution in [3.05, 3.63) is 34.4 Å². The number of rotatable bonds is 1. The molecule has 0 spiro atoms. The molecule has 1 N–H and O–H groups in total. The molecule has 0 radical (unpaired) electrons. The van der Waals surface area contributed by atoms with Crippen molar-refractivity contribution in [3.63, 3.8) is 0 Å². The molecule has 3 rings (SSSR count). The van der Waals surface area contributed by atoms with E-state index in [0.717, 1.165) is 27.9 Å². The molecular formula is C11H8ClN3S. The van der Waals surface area contributed by atoms with Gasteiger partial charge in [0.15, 0.2) is 0 Å². The van der Waals surface area contributed by atoms with Gasteiger partial charge in [-0.05, 0) is 30.1 Å². The summed E-state index contributed by atoms with van der Waals surface area (Å²) in [5, 5.41) is 3.67. The minimum atomic E-state index is 0.702. The molecule has 0 atom stereocenters. The van der Waals surface area contributed by atoms with Gasteiger partial charge in [0.25, 0.3) is 0 Å². The number of halogens is 1. The molecule has 0 saturated heterocycles. The number of pyridine rings is 1. The van der Waals surface area contributed by atoms with E-state index >= 15 is 0 Å². The van der Waals surface area contributed by atoms with E-state index in [2.05, 4.69) is 14.3 Å². The van der Waals surface area contributed by atoms with Crippen molar-refractivity contribution in [2.75, 3.05) is 0 Å². The lowest BCUT2D eigenvalue weighted by atomic mass is 10.1. The van der Waals surface area contributed by atoms with E-state index in [1.54, 1.807) is 12.3 Å². The van der Waals surface area contributed by atoms with Gasteiger partial charge >= 0.3 is 0 Å². The minimum Gasteiger partial charge on any atom is -0.345 e. The summed E-state index contributed by atoms with van der Waals surface area (Å²) in [6.45, 7) is 2.04. The SMILES string of the molecule is Cc1csnc1-c1c[nH]c2nccc(Cl)c12. The molecule has 0 aliphatic rings. The second-order valence-electron chi connectivity index (χ2n) is 3.56. The highest BCUT2D eigenvalue weighted by Gasteiger charge is 2.13. The summed E-state index contributed by atoms with van der Waals surface area (Å²) in [6.07, 6.45) is 3.60. The molecule has 0 saturated carbocycles. The van der Waals surface area contributed by atoms with Gasteiger partial charge in [-0.25, -0.2) is 4.98 Å². The van der Waals surface area contributed by atoms with Crippen molar-refractivity contribution in [1.29, 1.82) is 0 Å². The number of nitrogens with zero attached hydrogens (tertiary/aromatic N) is 2. The number of nitrogens with one attached hydrogen (secondary N) is 1. The van der Waals surface area contributed by atoms with Crippen LogP contribution in [0, 0.1) is 6.92 Å². The molecule has 0 unspecified atom stereocenters. The summed E-state index contributed by atoms with van der Waals surface area (Å²) >= 11 is 7.64. The lowest BCUT2D eigenvalue weighted by Crippen LogP contribution is -1.80. The smallest absolute Gasteiger partial charge is 0.139 e. The molecule has 3 aromatic rings. The molecule has 0 fully saturated rings. The van der Waals surface area contributed by atoms with E-state index in [9.17, 15) is 0 Å². The molecule has 0 aromatic carbocycles. The second-order valence-corrected chi connectivity index (χ2v) is 4.60. The van der Waals surface area contributed by atoms with E-state index in [1.165, 1.54) is 11.5 Å². The highest BCUT2D eigenvalue weighted by Crippen LogP contribution is 2.33. The van der Waals surface area contributed by atoms with Crippen LogP contribution in [0.4, 0.5) is 0 Å². The van der Waals surface area contributed by atoms with Crippen molar-refractivity contribution >= 4 is 34.2 Å². The Kier molecular flexibility index (Phi) is 2.19. The Hall–Kier alpha value is -1.39. The second kappa shape index (κ2) is 3.57. The van der Waals surface area contributed by atoms with Gasteiger partial charge in [-0.2, -0.15) is 4.37 Å². The predicted molar refractivity (Wildman–Crippen MR) is 66.9 cm³/mol. The first-order chi connectivity index (χ1) is 7.77. The van der Waals surface area contributed by atoms with E-state index in [4.69, 9.17) is 11.6 Å². The largest absolute Gasteiger partial charge is 0.345 e. The van der Waals surface area contributed by atoms with Gasteiger partial charge in [0, 0.05) is 28.7 Å². The van der Waals surface area contributed by atoms with Crippen LogP contribution < -0.4 is 0 Å². The van der Waals surface area contributed by atoms with Crippen LogP contribution in [0.15, 0.2) is 23.8 Å². The van der Waals surface area contributed by atoms with Gasteiger partial charge in [-0.3, -0.25) is 0 Å². The van der Waals surface area contributed by atoms with Gasteiger partial charge in [0.1, 0.15) is 5.65 Å². The molecule has 3 heterocycles. The Labute approximate surface area is 101 Å². The average Bonchev–Trinajstić information content (AvgIpc) is 2.84. The fourth-order valence-corrected chi connectivity index (χ4v) is 2.67. The maximum Gasteiger partial charge on any atom is 0.139 e. The molecule has 16 heavy (non-hydrogen) atoms. The van der Waals surface area contributed by atoms with E-state index in [0.29, 0.717) is 5.02 Å². The van der Waals surface area contributed by atoms with Crippen molar-refractivity contribution < 1.29 is 0 Å². The molecule has 0 aliphatic heterocycles. The van der Waals surface area contributed by atoms with Gasteiger partial charge in [0.2, 0.25) is 0 Å². The molecule has 80 valence electrons. The molecule has 0 aliphatic carbocycles. The maximum absolute atomic E-state index is 6.19.